The minimum atomic E-state index is -0.107. The molecule has 0 spiro atoms. The molecule has 0 unspecified atom stereocenters. The molecule has 0 fully saturated rings. The number of halogens is 1. The Morgan fingerprint density at radius 2 is 2.08 bits per heavy atom. The summed E-state index contributed by atoms with van der Waals surface area (Å²) in [6.07, 6.45) is 1.75. The second-order valence-electron chi connectivity index (χ2n) is 5.82. The van der Waals surface area contributed by atoms with E-state index >= 15 is 0 Å². The first kappa shape index (κ1) is 16.5. The summed E-state index contributed by atoms with van der Waals surface area (Å²) in [5.74, 6) is 1.42. The van der Waals surface area contributed by atoms with Crippen molar-refractivity contribution in [1.29, 1.82) is 0 Å². The minimum absolute atomic E-state index is 0.107. The van der Waals surface area contributed by atoms with E-state index in [-0.39, 0.29) is 5.78 Å². The third-order valence-electron chi connectivity index (χ3n) is 3.62. The van der Waals surface area contributed by atoms with Gasteiger partial charge in [-0.15, -0.1) is 0 Å². The summed E-state index contributed by atoms with van der Waals surface area (Å²) in [5, 5.41) is 0. The van der Waals surface area contributed by atoms with Crippen LogP contribution in [0.25, 0.3) is 6.08 Å². The van der Waals surface area contributed by atoms with E-state index in [0.717, 1.165) is 21.2 Å². The van der Waals surface area contributed by atoms with Crippen LogP contribution in [0.5, 0.6) is 11.5 Å². The number of hydrogen-bond acceptors (Lipinski definition) is 3. The van der Waals surface area contributed by atoms with Gasteiger partial charge in [-0.1, -0.05) is 40.7 Å². The van der Waals surface area contributed by atoms with Crippen molar-refractivity contribution in [3.8, 4) is 11.5 Å². The molecule has 24 heavy (non-hydrogen) atoms. The molecule has 2 aromatic carbocycles. The molecule has 3 nitrogen and oxygen atoms in total. The van der Waals surface area contributed by atoms with Crippen LogP contribution in [-0.4, -0.2) is 12.4 Å². The summed E-state index contributed by atoms with van der Waals surface area (Å²) in [4.78, 5) is 12.6. The molecule has 1 aliphatic rings. The fourth-order valence-electron chi connectivity index (χ4n) is 2.50. The van der Waals surface area contributed by atoms with E-state index in [1.165, 1.54) is 0 Å². The van der Waals surface area contributed by atoms with Crippen LogP contribution in [-0.2, 0) is 0 Å². The highest BCUT2D eigenvalue weighted by atomic mass is 79.9. The van der Waals surface area contributed by atoms with E-state index < -0.39 is 0 Å². The number of ketones is 1. The van der Waals surface area contributed by atoms with Crippen LogP contribution in [0.4, 0.5) is 0 Å². The maximum absolute atomic E-state index is 12.6. The van der Waals surface area contributed by atoms with E-state index in [4.69, 9.17) is 9.47 Å². The zero-order valence-corrected chi connectivity index (χ0v) is 15.1. The second-order valence-corrected chi connectivity index (χ2v) is 6.67. The Morgan fingerprint density at radius 1 is 1.33 bits per heavy atom. The first-order valence-corrected chi connectivity index (χ1v) is 8.35. The number of ether oxygens (including phenoxy) is 2. The Balaban J connectivity index is 1.94. The minimum Gasteiger partial charge on any atom is -0.489 e. The van der Waals surface area contributed by atoms with Gasteiger partial charge in [-0.25, -0.2) is 0 Å². The van der Waals surface area contributed by atoms with E-state index in [1.54, 1.807) is 12.1 Å². The van der Waals surface area contributed by atoms with Crippen molar-refractivity contribution in [3.05, 3.63) is 75.5 Å². The van der Waals surface area contributed by atoms with Crippen molar-refractivity contribution in [2.45, 2.75) is 13.8 Å². The van der Waals surface area contributed by atoms with Gasteiger partial charge in [0.1, 0.15) is 18.1 Å². The van der Waals surface area contributed by atoms with Crippen LogP contribution >= 0.6 is 15.9 Å². The SMILES string of the molecule is C=C(C)COc1cc(C)c2c(c1)O/C(=C\c1ccccc1Br)C2=O. The second kappa shape index (κ2) is 6.65. The Hall–Kier alpha value is -2.33. The van der Waals surface area contributed by atoms with Crippen LogP contribution < -0.4 is 9.47 Å². The van der Waals surface area contributed by atoms with Gasteiger partial charge < -0.3 is 9.47 Å². The molecule has 0 bridgehead atoms. The molecule has 0 saturated heterocycles. The average Bonchev–Trinajstić information content (AvgIpc) is 2.84. The molecule has 0 atom stereocenters. The lowest BCUT2D eigenvalue weighted by Crippen LogP contribution is -2.00. The molecule has 1 aliphatic heterocycles. The van der Waals surface area contributed by atoms with Gasteiger partial charge in [-0.05, 0) is 48.8 Å². The molecule has 3 rings (SSSR count). The third-order valence-corrected chi connectivity index (χ3v) is 4.34. The zero-order valence-electron chi connectivity index (χ0n) is 13.6. The lowest BCUT2D eigenvalue weighted by atomic mass is 10.0. The van der Waals surface area contributed by atoms with Gasteiger partial charge in [0.25, 0.3) is 0 Å². The average molecular weight is 385 g/mol. The lowest BCUT2D eigenvalue weighted by molar-refractivity contribution is 0.101. The molecule has 0 aliphatic carbocycles. The van der Waals surface area contributed by atoms with Gasteiger partial charge in [0, 0.05) is 10.5 Å². The maximum Gasteiger partial charge on any atom is 0.232 e. The third kappa shape index (κ3) is 3.29. The number of allylic oxidation sites excluding steroid dienone is 1. The summed E-state index contributed by atoms with van der Waals surface area (Å²) >= 11 is 3.48. The predicted molar refractivity (Wildman–Crippen MR) is 98.6 cm³/mol. The highest BCUT2D eigenvalue weighted by Gasteiger charge is 2.30. The number of aryl methyl sites for hydroxylation is 1. The number of carbonyl (C=O) groups excluding carboxylic acids is 1. The van der Waals surface area contributed by atoms with Crippen LogP contribution in [0, 0.1) is 6.92 Å². The van der Waals surface area contributed by atoms with Gasteiger partial charge >= 0.3 is 0 Å². The zero-order chi connectivity index (χ0) is 17.3. The first-order valence-electron chi connectivity index (χ1n) is 7.56. The van der Waals surface area contributed by atoms with E-state index in [1.807, 2.05) is 44.2 Å². The molecule has 0 N–H and O–H groups in total. The monoisotopic (exact) mass is 384 g/mol. The molecule has 4 heteroatoms. The lowest BCUT2D eigenvalue weighted by Gasteiger charge is -2.08. The molecular formula is C20H17BrO3. The van der Waals surface area contributed by atoms with Crippen molar-refractivity contribution in [2.75, 3.05) is 6.61 Å². The summed E-state index contributed by atoms with van der Waals surface area (Å²) in [5.41, 5.74) is 3.26. The van der Waals surface area contributed by atoms with Gasteiger partial charge in [0.2, 0.25) is 5.78 Å². The van der Waals surface area contributed by atoms with E-state index in [0.29, 0.717) is 29.4 Å². The Bertz CT molecular complexity index is 865. The fraction of sp³-hybridized carbons (Fsp3) is 0.150. The first-order chi connectivity index (χ1) is 11.5. The Labute approximate surface area is 149 Å². The molecule has 1 heterocycles. The van der Waals surface area contributed by atoms with Crippen molar-refractivity contribution >= 4 is 27.8 Å². The molecule has 0 radical (unpaired) electrons. The van der Waals surface area contributed by atoms with E-state index in [2.05, 4.69) is 22.5 Å². The molecular weight excluding hydrogens is 368 g/mol. The van der Waals surface area contributed by atoms with Crippen LogP contribution in [0.1, 0.15) is 28.4 Å². The molecule has 0 saturated carbocycles. The van der Waals surface area contributed by atoms with Gasteiger partial charge in [0.15, 0.2) is 5.76 Å². The summed E-state index contributed by atoms with van der Waals surface area (Å²) in [6.45, 7) is 8.04. The number of hydrogen-bond donors (Lipinski definition) is 0. The van der Waals surface area contributed by atoms with E-state index in [9.17, 15) is 4.79 Å². The van der Waals surface area contributed by atoms with Crippen LogP contribution in [0.2, 0.25) is 0 Å². The van der Waals surface area contributed by atoms with Crippen LogP contribution in [0.15, 0.2) is 58.8 Å². The Morgan fingerprint density at radius 3 is 2.79 bits per heavy atom. The Kier molecular flexibility index (Phi) is 4.58. The molecule has 122 valence electrons. The molecule has 2 aromatic rings. The van der Waals surface area contributed by atoms with Crippen LogP contribution in [0.3, 0.4) is 0 Å². The highest BCUT2D eigenvalue weighted by Crippen LogP contribution is 2.38. The number of Topliss-reactive ketones (excluding diaryl/α,β-unsaturated/α-hetero) is 1. The number of benzene rings is 2. The van der Waals surface area contributed by atoms with Gasteiger partial charge in [-0.3, -0.25) is 4.79 Å². The molecule has 0 amide bonds. The summed E-state index contributed by atoms with van der Waals surface area (Å²) < 4.78 is 12.4. The smallest absolute Gasteiger partial charge is 0.232 e. The van der Waals surface area contributed by atoms with Gasteiger partial charge in [0.05, 0.1) is 5.56 Å². The van der Waals surface area contributed by atoms with Crippen molar-refractivity contribution < 1.29 is 14.3 Å². The van der Waals surface area contributed by atoms with Gasteiger partial charge in [-0.2, -0.15) is 0 Å². The molecule has 0 aromatic heterocycles. The van der Waals surface area contributed by atoms with Crippen molar-refractivity contribution in [3.63, 3.8) is 0 Å². The fourth-order valence-corrected chi connectivity index (χ4v) is 2.90. The van der Waals surface area contributed by atoms with Crippen molar-refractivity contribution in [1.82, 2.24) is 0 Å². The number of fused-ring (bicyclic) bond motifs is 1. The van der Waals surface area contributed by atoms with Crippen molar-refractivity contribution in [2.24, 2.45) is 0 Å². The standard InChI is InChI=1S/C20H17BrO3/c1-12(2)11-23-15-8-13(3)19-17(10-15)24-18(20(19)22)9-14-6-4-5-7-16(14)21/h4-10H,1,11H2,2-3H3/b18-9-. The largest absolute Gasteiger partial charge is 0.489 e. The maximum atomic E-state index is 12.6. The summed E-state index contributed by atoms with van der Waals surface area (Å²) in [6, 6.07) is 11.3. The quantitative estimate of drug-likeness (QED) is 0.527. The number of carbonyl (C=O) groups is 1. The summed E-state index contributed by atoms with van der Waals surface area (Å²) in [7, 11) is 0. The normalized spacial score (nSPS) is 14.5. The topological polar surface area (TPSA) is 35.5 Å². The highest BCUT2D eigenvalue weighted by molar-refractivity contribution is 9.10. The number of rotatable bonds is 4. The predicted octanol–water partition coefficient (Wildman–Crippen LogP) is 5.33.